The summed E-state index contributed by atoms with van der Waals surface area (Å²) in [5.74, 6) is 0. The first-order chi connectivity index (χ1) is 12.4. The van der Waals surface area contributed by atoms with Crippen molar-refractivity contribution in [2.45, 2.75) is 0 Å². The van der Waals surface area contributed by atoms with Gasteiger partial charge in [-0.2, -0.15) is 0 Å². The van der Waals surface area contributed by atoms with E-state index < -0.39 is 18.8 Å². The second-order valence-electron chi connectivity index (χ2n) is 6.01. The van der Waals surface area contributed by atoms with Gasteiger partial charge in [0.05, 0.1) is 0 Å². The SMILES string of the molecule is [F-].c1cc[c]([Sb+]([c]2ccccc2)([c]2ccccc2)[c]2ccccc2)cc1. The van der Waals surface area contributed by atoms with Crippen LogP contribution in [0.15, 0.2) is 121 Å². The third-order valence-corrected chi connectivity index (χ3v) is 16.8. The fourth-order valence-corrected chi connectivity index (χ4v) is 15.7. The minimum atomic E-state index is -3.17. The third kappa shape index (κ3) is 3.20. The van der Waals surface area contributed by atoms with Crippen molar-refractivity contribution in [3.8, 4) is 0 Å². The van der Waals surface area contributed by atoms with Gasteiger partial charge in [0, 0.05) is 0 Å². The molecule has 4 aromatic rings. The van der Waals surface area contributed by atoms with Crippen LogP contribution in [0.4, 0.5) is 0 Å². The molecule has 26 heavy (non-hydrogen) atoms. The molecule has 0 radical (unpaired) electrons. The minimum absolute atomic E-state index is 0. The van der Waals surface area contributed by atoms with Gasteiger partial charge >= 0.3 is 154 Å². The molecule has 0 saturated carbocycles. The van der Waals surface area contributed by atoms with Gasteiger partial charge in [0.2, 0.25) is 0 Å². The Hall–Kier alpha value is -2.37. The average molecular weight is 449 g/mol. The van der Waals surface area contributed by atoms with Gasteiger partial charge in [0.25, 0.3) is 0 Å². The summed E-state index contributed by atoms with van der Waals surface area (Å²) in [7, 11) is 0. The number of halogens is 1. The molecule has 0 amide bonds. The zero-order chi connectivity index (χ0) is 17.0. The first-order valence-corrected chi connectivity index (χ1v) is 13.6. The van der Waals surface area contributed by atoms with Gasteiger partial charge in [-0.15, -0.1) is 0 Å². The Kier molecular flexibility index (Phi) is 5.91. The standard InChI is InChI=1S/4C6H5.FH.Sb/c4*1-2-4-6-5-3-1;;/h4*1-5H;1H;/q;;;;;+1/p-1. The predicted molar refractivity (Wildman–Crippen MR) is 110 cm³/mol. The molecule has 4 aromatic carbocycles. The Balaban J connectivity index is 0.00000196. The van der Waals surface area contributed by atoms with E-state index in [2.05, 4.69) is 121 Å². The van der Waals surface area contributed by atoms with Crippen LogP contribution < -0.4 is 18.7 Å². The maximum atomic E-state index is 2.32. The Morgan fingerprint density at radius 3 is 0.692 bits per heavy atom. The van der Waals surface area contributed by atoms with Crippen molar-refractivity contribution in [1.82, 2.24) is 0 Å². The summed E-state index contributed by atoms with van der Waals surface area (Å²) in [5, 5.41) is 0. The molecule has 0 N–H and O–H groups in total. The summed E-state index contributed by atoms with van der Waals surface area (Å²) >= 11 is -3.17. The van der Waals surface area contributed by atoms with Gasteiger partial charge in [-0.05, 0) is 0 Å². The van der Waals surface area contributed by atoms with Gasteiger partial charge in [-0.1, -0.05) is 0 Å². The zero-order valence-corrected chi connectivity index (χ0v) is 16.9. The van der Waals surface area contributed by atoms with E-state index in [0.717, 1.165) is 0 Å². The van der Waals surface area contributed by atoms with E-state index in [1.165, 1.54) is 14.0 Å². The molecule has 0 bridgehead atoms. The molecule has 128 valence electrons. The van der Waals surface area contributed by atoms with Crippen LogP contribution >= 0.6 is 0 Å². The number of rotatable bonds is 4. The van der Waals surface area contributed by atoms with E-state index in [4.69, 9.17) is 0 Å². The van der Waals surface area contributed by atoms with E-state index in [0.29, 0.717) is 0 Å². The summed E-state index contributed by atoms with van der Waals surface area (Å²) in [4.78, 5) is 0. The van der Waals surface area contributed by atoms with Crippen molar-refractivity contribution < 1.29 is 4.70 Å². The fraction of sp³-hybridized carbons (Fsp3) is 0. The van der Waals surface area contributed by atoms with Crippen LogP contribution in [-0.4, -0.2) is 18.8 Å². The van der Waals surface area contributed by atoms with E-state index in [1.807, 2.05) is 0 Å². The van der Waals surface area contributed by atoms with Gasteiger partial charge in [-0.3, -0.25) is 0 Å². The van der Waals surface area contributed by atoms with Crippen molar-refractivity contribution in [3.63, 3.8) is 0 Å². The second kappa shape index (κ2) is 8.34. The molecule has 0 unspecified atom stereocenters. The first kappa shape index (κ1) is 18.4. The molecule has 0 saturated heterocycles. The Bertz CT molecular complexity index is 759. The molecule has 0 atom stereocenters. The van der Waals surface area contributed by atoms with Gasteiger partial charge in [0.15, 0.2) is 0 Å². The Morgan fingerprint density at radius 2 is 0.500 bits per heavy atom. The summed E-state index contributed by atoms with van der Waals surface area (Å²) < 4.78 is 5.91. The summed E-state index contributed by atoms with van der Waals surface area (Å²) in [6, 6.07) is 44.4. The molecule has 0 nitrogen and oxygen atoms in total. The van der Waals surface area contributed by atoms with Crippen LogP contribution in [0.25, 0.3) is 0 Å². The summed E-state index contributed by atoms with van der Waals surface area (Å²) in [6.45, 7) is 0. The molecular formula is C24H20FSb. The van der Waals surface area contributed by atoms with Crippen molar-refractivity contribution >= 4 is 32.8 Å². The van der Waals surface area contributed by atoms with Crippen molar-refractivity contribution in [2.24, 2.45) is 0 Å². The van der Waals surface area contributed by atoms with Crippen LogP contribution in [0.1, 0.15) is 0 Å². The Morgan fingerprint density at radius 1 is 0.308 bits per heavy atom. The molecule has 0 fully saturated rings. The number of benzene rings is 4. The second-order valence-corrected chi connectivity index (χ2v) is 15.7. The van der Waals surface area contributed by atoms with Crippen molar-refractivity contribution in [2.75, 3.05) is 0 Å². The van der Waals surface area contributed by atoms with Gasteiger partial charge in [-0.25, -0.2) is 0 Å². The molecule has 4 rings (SSSR count). The van der Waals surface area contributed by atoms with E-state index in [-0.39, 0.29) is 4.70 Å². The normalized spacial score (nSPS) is 10.8. The molecule has 0 aliphatic heterocycles. The zero-order valence-electron chi connectivity index (χ0n) is 14.4. The number of hydrogen-bond acceptors (Lipinski definition) is 0. The topological polar surface area (TPSA) is 0 Å². The van der Waals surface area contributed by atoms with Crippen molar-refractivity contribution in [1.29, 1.82) is 0 Å². The molecule has 0 aliphatic rings. The summed E-state index contributed by atoms with van der Waals surface area (Å²) in [5.41, 5.74) is 0. The monoisotopic (exact) mass is 448 g/mol. The molecule has 0 heterocycles. The van der Waals surface area contributed by atoms with Gasteiger partial charge in [0.1, 0.15) is 0 Å². The molecule has 0 aliphatic carbocycles. The van der Waals surface area contributed by atoms with Crippen LogP contribution in [0.2, 0.25) is 0 Å². The maximum absolute atomic E-state index is 3.17. The quantitative estimate of drug-likeness (QED) is 0.387. The van der Waals surface area contributed by atoms with Crippen LogP contribution in [-0.2, 0) is 0 Å². The first-order valence-electron chi connectivity index (χ1n) is 8.54. The molecule has 0 aromatic heterocycles. The third-order valence-electron chi connectivity index (χ3n) is 4.57. The van der Waals surface area contributed by atoms with E-state index >= 15 is 0 Å². The van der Waals surface area contributed by atoms with Crippen LogP contribution in [0.5, 0.6) is 0 Å². The van der Waals surface area contributed by atoms with Gasteiger partial charge < -0.3 is 4.70 Å². The average Bonchev–Trinajstić information content (AvgIpc) is 2.72. The van der Waals surface area contributed by atoms with E-state index in [9.17, 15) is 0 Å². The molecule has 0 spiro atoms. The molecular weight excluding hydrogens is 429 g/mol. The summed E-state index contributed by atoms with van der Waals surface area (Å²) in [6.07, 6.45) is 0. The predicted octanol–water partition coefficient (Wildman–Crippen LogP) is 0.0680. The van der Waals surface area contributed by atoms with E-state index in [1.54, 1.807) is 0 Å². The van der Waals surface area contributed by atoms with Crippen molar-refractivity contribution in [3.05, 3.63) is 121 Å². The van der Waals surface area contributed by atoms with Crippen LogP contribution in [0, 0.1) is 0 Å². The van der Waals surface area contributed by atoms with Crippen LogP contribution in [0.3, 0.4) is 0 Å². The fourth-order valence-electron chi connectivity index (χ4n) is 3.50. The number of hydrogen-bond donors (Lipinski definition) is 0. The Labute approximate surface area is 158 Å². The molecule has 2 heteroatoms.